The minimum Gasteiger partial charge on any atom is -0.386 e. The lowest BCUT2D eigenvalue weighted by molar-refractivity contribution is -0.0898. The van der Waals surface area contributed by atoms with E-state index in [1.54, 1.807) is 12.1 Å². The van der Waals surface area contributed by atoms with Gasteiger partial charge in [0.2, 0.25) is 0 Å². The lowest BCUT2D eigenvalue weighted by Crippen LogP contribution is -2.45. The summed E-state index contributed by atoms with van der Waals surface area (Å²) in [7, 11) is 0. The third-order valence-corrected chi connectivity index (χ3v) is 3.53. The van der Waals surface area contributed by atoms with Gasteiger partial charge in [-0.05, 0) is 30.7 Å². The third kappa shape index (κ3) is 3.45. The summed E-state index contributed by atoms with van der Waals surface area (Å²) < 4.78 is 5.68. The smallest absolute Gasteiger partial charge is 0.106 e. The summed E-state index contributed by atoms with van der Waals surface area (Å²) in [4.78, 5) is 2.34. The first-order valence-electron chi connectivity index (χ1n) is 6.48. The molecule has 3 nitrogen and oxygen atoms in total. The van der Waals surface area contributed by atoms with Crippen LogP contribution in [0.5, 0.6) is 0 Å². The zero-order chi connectivity index (χ0) is 13.0. The molecule has 2 unspecified atom stereocenters. The topological polar surface area (TPSA) is 32.7 Å². The van der Waals surface area contributed by atoms with E-state index in [1.807, 2.05) is 12.1 Å². The Hall–Kier alpha value is -0.610. The maximum Gasteiger partial charge on any atom is 0.106 e. The summed E-state index contributed by atoms with van der Waals surface area (Å²) in [5.41, 5.74) is 0.864. The maximum absolute atomic E-state index is 10.3. The fraction of sp³-hybridized carbons (Fsp3) is 0.571. The number of aliphatic hydroxyl groups is 1. The highest BCUT2D eigenvalue weighted by molar-refractivity contribution is 6.30. The van der Waals surface area contributed by atoms with Crippen LogP contribution in [-0.4, -0.2) is 42.4 Å². The van der Waals surface area contributed by atoms with Gasteiger partial charge in [-0.1, -0.05) is 30.7 Å². The standard InChI is InChI=1S/C14H20ClNO2/c1-2-7-16-8-9-18-13(10-16)14(17)11-3-5-12(15)6-4-11/h3-6,13-14,17H,2,7-10H2,1H3. The predicted molar refractivity (Wildman–Crippen MR) is 72.9 cm³/mol. The molecule has 18 heavy (non-hydrogen) atoms. The zero-order valence-corrected chi connectivity index (χ0v) is 11.4. The Morgan fingerprint density at radius 2 is 2.17 bits per heavy atom. The Bertz CT molecular complexity index is 367. The summed E-state index contributed by atoms with van der Waals surface area (Å²) in [6.07, 6.45) is 0.400. The molecule has 0 spiro atoms. The lowest BCUT2D eigenvalue weighted by Gasteiger charge is -2.35. The van der Waals surface area contributed by atoms with E-state index < -0.39 is 6.10 Å². The molecule has 1 saturated heterocycles. The van der Waals surface area contributed by atoms with Crippen molar-refractivity contribution in [3.05, 3.63) is 34.9 Å². The SMILES string of the molecule is CCCN1CCOC(C(O)c2ccc(Cl)cc2)C1. The van der Waals surface area contributed by atoms with E-state index in [-0.39, 0.29) is 6.10 Å². The number of morpholine rings is 1. The van der Waals surface area contributed by atoms with Gasteiger partial charge in [0.1, 0.15) is 12.2 Å². The van der Waals surface area contributed by atoms with Crippen LogP contribution in [0.15, 0.2) is 24.3 Å². The lowest BCUT2D eigenvalue weighted by atomic mass is 10.0. The molecule has 1 fully saturated rings. The van der Waals surface area contributed by atoms with Gasteiger partial charge in [0.25, 0.3) is 0 Å². The third-order valence-electron chi connectivity index (χ3n) is 3.28. The fourth-order valence-corrected chi connectivity index (χ4v) is 2.44. The first-order valence-corrected chi connectivity index (χ1v) is 6.86. The van der Waals surface area contributed by atoms with Gasteiger partial charge in [0.15, 0.2) is 0 Å². The quantitative estimate of drug-likeness (QED) is 0.912. The number of ether oxygens (including phenoxy) is 1. The molecule has 0 saturated carbocycles. The van der Waals surface area contributed by atoms with E-state index in [1.165, 1.54) is 0 Å². The molecule has 1 aliphatic rings. The number of rotatable bonds is 4. The maximum atomic E-state index is 10.3. The molecule has 0 amide bonds. The zero-order valence-electron chi connectivity index (χ0n) is 10.7. The van der Waals surface area contributed by atoms with Crippen LogP contribution in [0, 0.1) is 0 Å². The molecule has 2 rings (SSSR count). The van der Waals surface area contributed by atoms with Gasteiger partial charge in [-0.3, -0.25) is 4.90 Å². The van der Waals surface area contributed by atoms with E-state index in [0.29, 0.717) is 11.6 Å². The molecule has 1 N–H and O–H groups in total. The van der Waals surface area contributed by atoms with E-state index >= 15 is 0 Å². The molecule has 0 aliphatic carbocycles. The molecule has 1 aromatic rings. The summed E-state index contributed by atoms with van der Waals surface area (Å²) in [5, 5.41) is 11.0. The van der Waals surface area contributed by atoms with E-state index in [4.69, 9.17) is 16.3 Å². The summed E-state index contributed by atoms with van der Waals surface area (Å²) >= 11 is 5.85. The van der Waals surface area contributed by atoms with Crippen molar-refractivity contribution in [2.45, 2.75) is 25.6 Å². The number of hydrogen-bond acceptors (Lipinski definition) is 3. The number of aliphatic hydroxyl groups excluding tert-OH is 1. The molecular formula is C14H20ClNO2. The van der Waals surface area contributed by atoms with Crippen LogP contribution in [0.3, 0.4) is 0 Å². The molecule has 0 radical (unpaired) electrons. The largest absolute Gasteiger partial charge is 0.386 e. The number of halogens is 1. The van der Waals surface area contributed by atoms with Crippen LogP contribution >= 0.6 is 11.6 Å². The van der Waals surface area contributed by atoms with Gasteiger partial charge in [-0.2, -0.15) is 0 Å². The first kappa shape index (κ1) is 13.8. The fourth-order valence-electron chi connectivity index (χ4n) is 2.32. The van der Waals surface area contributed by atoms with Crippen molar-refractivity contribution in [1.29, 1.82) is 0 Å². The Kier molecular flexibility index (Phi) is 5.01. The van der Waals surface area contributed by atoms with Crippen molar-refractivity contribution in [3.63, 3.8) is 0 Å². The average Bonchev–Trinajstić information content (AvgIpc) is 2.39. The normalized spacial score (nSPS) is 22.9. The van der Waals surface area contributed by atoms with E-state index in [2.05, 4.69) is 11.8 Å². The summed E-state index contributed by atoms with van der Waals surface area (Å²) in [5.74, 6) is 0. The Balaban J connectivity index is 1.99. The molecule has 4 heteroatoms. The van der Waals surface area contributed by atoms with Crippen molar-refractivity contribution in [2.24, 2.45) is 0 Å². The van der Waals surface area contributed by atoms with Crippen LogP contribution in [0.25, 0.3) is 0 Å². The Morgan fingerprint density at radius 1 is 1.44 bits per heavy atom. The molecule has 1 heterocycles. The molecular weight excluding hydrogens is 250 g/mol. The monoisotopic (exact) mass is 269 g/mol. The number of nitrogens with zero attached hydrogens (tertiary/aromatic N) is 1. The first-order chi connectivity index (χ1) is 8.70. The second kappa shape index (κ2) is 6.53. The molecule has 0 bridgehead atoms. The van der Waals surface area contributed by atoms with Crippen LogP contribution in [0.1, 0.15) is 25.0 Å². The van der Waals surface area contributed by atoms with E-state index in [0.717, 1.165) is 31.6 Å². The van der Waals surface area contributed by atoms with Crippen LogP contribution in [0.4, 0.5) is 0 Å². The highest BCUT2D eigenvalue weighted by Crippen LogP contribution is 2.23. The highest BCUT2D eigenvalue weighted by Gasteiger charge is 2.27. The van der Waals surface area contributed by atoms with Crippen molar-refractivity contribution < 1.29 is 9.84 Å². The highest BCUT2D eigenvalue weighted by atomic mass is 35.5. The molecule has 100 valence electrons. The van der Waals surface area contributed by atoms with Crippen molar-refractivity contribution in [3.8, 4) is 0 Å². The van der Waals surface area contributed by atoms with Gasteiger partial charge in [-0.15, -0.1) is 0 Å². The predicted octanol–water partition coefficient (Wildman–Crippen LogP) is 2.48. The van der Waals surface area contributed by atoms with Gasteiger partial charge >= 0.3 is 0 Å². The van der Waals surface area contributed by atoms with Gasteiger partial charge in [-0.25, -0.2) is 0 Å². The van der Waals surface area contributed by atoms with Crippen LogP contribution < -0.4 is 0 Å². The minimum absolute atomic E-state index is 0.147. The molecule has 1 aliphatic heterocycles. The molecule has 0 aromatic heterocycles. The van der Waals surface area contributed by atoms with Gasteiger partial charge in [0.05, 0.1) is 6.61 Å². The summed E-state index contributed by atoms with van der Waals surface area (Å²) in [6, 6.07) is 7.31. The van der Waals surface area contributed by atoms with Crippen LogP contribution in [-0.2, 0) is 4.74 Å². The van der Waals surface area contributed by atoms with Gasteiger partial charge < -0.3 is 9.84 Å². The van der Waals surface area contributed by atoms with Crippen molar-refractivity contribution in [1.82, 2.24) is 4.90 Å². The second-order valence-electron chi connectivity index (χ2n) is 4.71. The Morgan fingerprint density at radius 3 is 2.83 bits per heavy atom. The van der Waals surface area contributed by atoms with Gasteiger partial charge in [0, 0.05) is 18.1 Å². The van der Waals surface area contributed by atoms with Crippen molar-refractivity contribution >= 4 is 11.6 Å². The summed E-state index contributed by atoms with van der Waals surface area (Å²) in [6.45, 7) is 5.66. The Labute approximate surface area is 113 Å². The molecule has 2 atom stereocenters. The van der Waals surface area contributed by atoms with Crippen molar-refractivity contribution in [2.75, 3.05) is 26.2 Å². The minimum atomic E-state index is -0.582. The number of benzene rings is 1. The van der Waals surface area contributed by atoms with E-state index in [9.17, 15) is 5.11 Å². The molecule has 1 aromatic carbocycles. The second-order valence-corrected chi connectivity index (χ2v) is 5.14. The average molecular weight is 270 g/mol. The number of hydrogen-bond donors (Lipinski definition) is 1. The van der Waals surface area contributed by atoms with Crippen LogP contribution in [0.2, 0.25) is 5.02 Å².